The topological polar surface area (TPSA) is 142 Å². The van der Waals surface area contributed by atoms with E-state index < -0.39 is 73.6 Å². The highest BCUT2D eigenvalue weighted by Gasteiger charge is 2.49. The largest absolute Gasteiger partial charge is 0.394 e. The van der Waals surface area contributed by atoms with Crippen molar-refractivity contribution in [3.05, 3.63) is 57.5 Å². The fraction of sp³-hybridized carbons (Fsp3) is 0.480. The van der Waals surface area contributed by atoms with Gasteiger partial charge in [-0.05, 0) is 76.2 Å². The van der Waals surface area contributed by atoms with Crippen LogP contribution >= 0.6 is 31.9 Å². The van der Waals surface area contributed by atoms with Gasteiger partial charge in [-0.3, -0.25) is 4.79 Å². The smallest absolute Gasteiger partial charge is 0.204 e. The highest BCUT2D eigenvalue weighted by Crippen LogP contribution is 2.33. The molecule has 0 saturated carbocycles. The average molecular weight is 714 g/mol. The molecule has 0 amide bonds. The van der Waals surface area contributed by atoms with E-state index in [2.05, 4.69) is 31.9 Å². The monoisotopic (exact) mass is 712 g/mol. The zero-order valence-corrected chi connectivity index (χ0v) is 26.4. The van der Waals surface area contributed by atoms with Gasteiger partial charge < -0.3 is 24.1 Å². The third-order valence-electron chi connectivity index (χ3n) is 5.97. The van der Waals surface area contributed by atoms with E-state index in [0.29, 0.717) is 8.95 Å². The number of aliphatic hydroxyl groups excluding tert-OH is 1. The van der Waals surface area contributed by atoms with Crippen LogP contribution in [-0.4, -0.2) is 75.9 Å². The van der Waals surface area contributed by atoms with Crippen molar-refractivity contribution in [2.24, 2.45) is 0 Å². The average Bonchev–Trinajstić information content (AvgIpc) is 3.19. The van der Waals surface area contributed by atoms with Crippen LogP contribution in [0.4, 0.5) is 0 Å². The third-order valence-corrected chi connectivity index (χ3v) is 10.9. The molecule has 14 heteroatoms. The van der Waals surface area contributed by atoms with Crippen LogP contribution in [0.25, 0.3) is 0 Å². The van der Waals surface area contributed by atoms with Crippen molar-refractivity contribution in [3.8, 4) is 0 Å². The molecule has 3 rings (SSSR count). The van der Waals surface area contributed by atoms with Crippen LogP contribution in [0.5, 0.6) is 0 Å². The second-order valence-corrected chi connectivity index (χ2v) is 15.6. The predicted octanol–water partition coefficient (Wildman–Crippen LogP) is 3.63. The Bertz CT molecular complexity index is 1360. The molecule has 0 aromatic heterocycles. The van der Waals surface area contributed by atoms with Crippen molar-refractivity contribution < 1.29 is 45.7 Å². The molecule has 1 heterocycles. The van der Waals surface area contributed by atoms with E-state index in [1.165, 1.54) is 38.1 Å². The Labute approximate surface area is 245 Å². The van der Waals surface area contributed by atoms with Crippen LogP contribution in [0.15, 0.2) is 67.3 Å². The van der Waals surface area contributed by atoms with Crippen LogP contribution in [0.1, 0.15) is 27.7 Å². The first kappa shape index (κ1) is 32.3. The summed E-state index contributed by atoms with van der Waals surface area (Å²) in [5.74, 6) is -1.98. The quantitative estimate of drug-likeness (QED) is 0.347. The molecule has 3 unspecified atom stereocenters. The van der Waals surface area contributed by atoms with Crippen LogP contribution in [-0.2, 0) is 43.4 Å². The number of aliphatic hydroxyl groups is 1. The molecule has 0 spiro atoms. The lowest BCUT2D eigenvalue weighted by Crippen LogP contribution is -2.48. The van der Waals surface area contributed by atoms with Crippen molar-refractivity contribution in [3.63, 3.8) is 0 Å². The lowest BCUT2D eigenvalue weighted by molar-refractivity contribution is -0.168. The predicted molar refractivity (Wildman–Crippen MR) is 148 cm³/mol. The lowest BCUT2D eigenvalue weighted by atomic mass is 10.0. The van der Waals surface area contributed by atoms with Crippen LogP contribution < -0.4 is 0 Å². The van der Waals surface area contributed by atoms with Crippen molar-refractivity contribution in [2.75, 3.05) is 13.2 Å². The number of halogens is 2. The maximum absolute atomic E-state index is 13.4. The summed E-state index contributed by atoms with van der Waals surface area (Å²) in [6, 6.07) is 11.8. The van der Waals surface area contributed by atoms with E-state index in [0.717, 1.165) is 0 Å². The Morgan fingerprint density at radius 3 is 1.82 bits per heavy atom. The van der Waals surface area contributed by atoms with Gasteiger partial charge >= 0.3 is 0 Å². The molecule has 1 aliphatic heterocycles. The highest BCUT2D eigenvalue weighted by molar-refractivity contribution is 9.10. The number of hydrogen-bond donors (Lipinski definition) is 1. The second kappa shape index (κ2) is 12.7. The number of rotatable bonds is 12. The number of benzene rings is 2. The summed E-state index contributed by atoms with van der Waals surface area (Å²) in [4.78, 5) is 13.4. The summed E-state index contributed by atoms with van der Waals surface area (Å²) in [7, 11) is -8.00. The zero-order chi connectivity index (χ0) is 29.2. The van der Waals surface area contributed by atoms with Crippen molar-refractivity contribution >= 4 is 57.3 Å². The number of ketones is 1. The fourth-order valence-electron chi connectivity index (χ4n) is 3.88. The van der Waals surface area contributed by atoms with E-state index in [9.17, 15) is 26.7 Å². The Balaban J connectivity index is 1.84. The van der Waals surface area contributed by atoms with E-state index in [1.54, 1.807) is 38.1 Å². The number of Topliss-reactive ketones (excluding diaryl/α,β-unsaturated/α-hetero) is 1. The normalized spacial score (nSPS) is 21.8. The van der Waals surface area contributed by atoms with E-state index in [1.807, 2.05) is 0 Å². The summed E-state index contributed by atoms with van der Waals surface area (Å²) in [6.07, 6.45) is -3.77. The number of carbonyl (C=O) groups excluding carboxylic acids is 1. The van der Waals surface area contributed by atoms with Gasteiger partial charge in [-0.1, -0.05) is 31.9 Å². The molecule has 5 atom stereocenters. The highest BCUT2D eigenvalue weighted by atomic mass is 79.9. The first-order valence-electron chi connectivity index (χ1n) is 11.8. The second-order valence-electron chi connectivity index (χ2n) is 9.29. The number of carbonyl (C=O) groups is 1. The Hall–Kier alpha value is -1.23. The molecular formula is C25H30Br2O10S2. The van der Waals surface area contributed by atoms with Gasteiger partial charge in [0.2, 0.25) is 19.7 Å². The summed E-state index contributed by atoms with van der Waals surface area (Å²) in [5, 5.41) is 9.86. The minimum Gasteiger partial charge on any atom is -0.394 e. The summed E-state index contributed by atoms with van der Waals surface area (Å²) >= 11 is 6.50. The standard InChI is InChI=1S/C25H30Br2O10S2/c1-15(38(30,31)19-9-5-17(26)6-10-19)34-14-21(29)23(24-22(13-28)36-25(3,4)37-24)35-16(2)39(32,33)20-11-7-18(27)8-12-20/h5-12,15-16,22-24,28H,13-14H2,1-4H3/t15?,16?,22?,23-,24-/m0/s1. The molecule has 2 aromatic rings. The summed E-state index contributed by atoms with van der Waals surface area (Å²) in [5.41, 5.74) is -2.92. The van der Waals surface area contributed by atoms with Gasteiger partial charge in [-0.25, -0.2) is 16.8 Å². The molecule has 0 aliphatic carbocycles. The minimum absolute atomic E-state index is 0.00211. The summed E-state index contributed by atoms with van der Waals surface area (Å²) < 4.78 is 76.3. The van der Waals surface area contributed by atoms with Gasteiger partial charge in [0.15, 0.2) is 22.4 Å². The number of hydrogen-bond acceptors (Lipinski definition) is 10. The molecule has 39 heavy (non-hydrogen) atoms. The molecule has 10 nitrogen and oxygen atoms in total. The van der Waals surface area contributed by atoms with Gasteiger partial charge in [0.05, 0.1) is 16.4 Å². The molecule has 1 N–H and O–H groups in total. The van der Waals surface area contributed by atoms with Gasteiger partial charge in [0.25, 0.3) is 0 Å². The molecule has 1 saturated heterocycles. The van der Waals surface area contributed by atoms with Crippen LogP contribution in [0.3, 0.4) is 0 Å². The van der Waals surface area contributed by atoms with Gasteiger partial charge in [0, 0.05) is 8.95 Å². The maximum Gasteiger partial charge on any atom is 0.204 e. The van der Waals surface area contributed by atoms with E-state index in [4.69, 9.17) is 18.9 Å². The molecule has 1 aliphatic rings. The van der Waals surface area contributed by atoms with Gasteiger partial charge in [0.1, 0.15) is 24.9 Å². The molecule has 2 aromatic carbocycles. The third kappa shape index (κ3) is 7.74. The van der Waals surface area contributed by atoms with E-state index >= 15 is 0 Å². The maximum atomic E-state index is 13.4. The molecule has 0 radical (unpaired) electrons. The Morgan fingerprint density at radius 1 is 0.897 bits per heavy atom. The Morgan fingerprint density at radius 2 is 1.36 bits per heavy atom. The Kier molecular flexibility index (Phi) is 10.5. The number of ether oxygens (including phenoxy) is 4. The van der Waals surface area contributed by atoms with Crippen molar-refractivity contribution in [2.45, 2.75) is 72.5 Å². The van der Waals surface area contributed by atoms with Gasteiger partial charge in [-0.15, -0.1) is 0 Å². The van der Waals surface area contributed by atoms with E-state index in [-0.39, 0.29) is 9.79 Å². The molecule has 1 fully saturated rings. The van der Waals surface area contributed by atoms with Crippen molar-refractivity contribution in [1.29, 1.82) is 0 Å². The van der Waals surface area contributed by atoms with Crippen LogP contribution in [0.2, 0.25) is 0 Å². The van der Waals surface area contributed by atoms with Crippen LogP contribution in [0, 0.1) is 0 Å². The van der Waals surface area contributed by atoms with Crippen molar-refractivity contribution in [1.82, 2.24) is 0 Å². The SMILES string of the molecule is CC(OCC(=O)[C@H](OC(C)S(=O)(=O)c1ccc(Br)cc1)[C@H]1OC(C)(C)OC1CO)S(=O)(=O)c1ccc(Br)cc1. The zero-order valence-electron chi connectivity index (χ0n) is 21.6. The van der Waals surface area contributed by atoms with Gasteiger partial charge in [-0.2, -0.15) is 0 Å². The summed E-state index contributed by atoms with van der Waals surface area (Å²) in [6.45, 7) is 4.43. The number of sulfone groups is 2. The fourth-order valence-corrected chi connectivity index (χ4v) is 6.72. The first-order valence-corrected chi connectivity index (χ1v) is 16.5. The minimum atomic E-state index is -4.06. The molecule has 216 valence electrons. The molecular weight excluding hydrogens is 684 g/mol. The first-order chi connectivity index (χ1) is 18.1. The lowest BCUT2D eigenvalue weighted by Gasteiger charge is -2.28. The molecule has 0 bridgehead atoms.